The number of aliphatic hydroxyl groups excluding tert-OH is 1. The van der Waals surface area contributed by atoms with Crippen LogP contribution in [0.5, 0.6) is 0 Å². The van der Waals surface area contributed by atoms with Gasteiger partial charge in [-0.15, -0.1) is 0 Å². The molecule has 0 radical (unpaired) electrons. The summed E-state index contributed by atoms with van der Waals surface area (Å²) in [5.74, 6) is 0.547. The Labute approximate surface area is 125 Å². The number of hydrogen-bond acceptors (Lipinski definition) is 3. The quantitative estimate of drug-likeness (QED) is 0.888. The van der Waals surface area contributed by atoms with Crippen LogP contribution in [0.4, 0.5) is 5.82 Å². The highest BCUT2D eigenvalue weighted by molar-refractivity contribution is 9.10. The molecule has 0 aliphatic carbocycles. The van der Waals surface area contributed by atoms with Gasteiger partial charge in [0.05, 0.1) is 17.2 Å². The van der Waals surface area contributed by atoms with Gasteiger partial charge in [0.25, 0.3) is 0 Å². The number of rotatable bonds is 4. The van der Waals surface area contributed by atoms with Gasteiger partial charge in [-0.3, -0.25) is 0 Å². The maximum absolute atomic E-state index is 9.70. The summed E-state index contributed by atoms with van der Waals surface area (Å²) in [5.41, 5.74) is 0.337. The monoisotopic (exact) mass is 340 g/mol. The van der Waals surface area contributed by atoms with Crippen molar-refractivity contribution in [2.24, 2.45) is 0 Å². The van der Waals surface area contributed by atoms with Crippen LogP contribution in [0.2, 0.25) is 5.02 Å². The highest BCUT2D eigenvalue weighted by Gasteiger charge is 2.26. The molecule has 0 bridgehead atoms. The van der Waals surface area contributed by atoms with Gasteiger partial charge in [-0.1, -0.05) is 41.9 Å². The molecule has 0 amide bonds. The van der Waals surface area contributed by atoms with Gasteiger partial charge in [0.2, 0.25) is 0 Å². The number of nitrogens with zero attached hydrogens (tertiary/aromatic N) is 1. The fraction of sp³-hybridized carbons (Fsp3) is 0.214. The lowest BCUT2D eigenvalue weighted by Gasteiger charge is -2.30. The SMILES string of the molecule is CC(CO)(Nc1ncc(Br)cc1Cl)c1ccccc1. The molecule has 0 spiro atoms. The highest BCUT2D eigenvalue weighted by Crippen LogP contribution is 2.29. The normalized spacial score (nSPS) is 13.9. The maximum Gasteiger partial charge on any atom is 0.145 e. The smallest absolute Gasteiger partial charge is 0.145 e. The van der Waals surface area contributed by atoms with Gasteiger partial charge in [0.15, 0.2) is 0 Å². The molecule has 0 saturated heterocycles. The minimum atomic E-state index is -0.633. The predicted octanol–water partition coefficient (Wildman–Crippen LogP) is 3.82. The van der Waals surface area contributed by atoms with E-state index in [9.17, 15) is 5.11 Å². The topological polar surface area (TPSA) is 45.1 Å². The van der Waals surface area contributed by atoms with E-state index < -0.39 is 5.54 Å². The van der Waals surface area contributed by atoms with Crippen LogP contribution in [0.3, 0.4) is 0 Å². The van der Waals surface area contributed by atoms with E-state index in [1.807, 2.05) is 37.3 Å². The number of halogens is 2. The van der Waals surface area contributed by atoms with Gasteiger partial charge in [-0.2, -0.15) is 0 Å². The van der Waals surface area contributed by atoms with E-state index >= 15 is 0 Å². The first-order valence-electron chi connectivity index (χ1n) is 5.81. The molecule has 0 saturated carbocycles. The Bertz CT molecular complexity index is 565. The molecule has 3 nitrogen and oxygen atoms in total. The van der Waals surface area contributed by atoms with Gasteiger partial charge < -0.3 is 10.4 Å². The van der Waals surface area contributed by atoms with E-state index in [0.717, 1.165) is 10.0 Å². The molecule has 19 heavy (non-hydrogen) atoms. The van der Waals surface area contributed by atoms with Gasteiger partial charge in [0.1, 0.15) is 5.82 Å². The van der Waals surface area contributed by atoms with Gasteiger partial charge >= 0.3 is 0 Å². The zero-order valence-electron chi connectivity index (χ0n) is 10.4. The van der Waals surface area contributed by atoms with Crippen molar-refractivity contribution in [1.29, 1.82) is 0 Å². The first-order valence-corrected chi connectivity index (χ1v) is 6.98. The average Bonchev–Trinajstić information content (AvgIpc) is 2.43. The Kier molecular flexibility index (Phi) is 4.45. The molecule has 1 heterocycles. The second-order valence-corrected chi connectivity index (χ2v) is 5.79. The molecule has 1 unspecified atom stereocenters. The Balaban J connectivity index is 2.33. The molecule has 1 aromatic carbocycles. The molecule has 0 aliphatic rings. The molecule has 5 heteroatoms. The molecule has 2 N–H and O–H groups in total. The largest absolute Gasteiger partial charge is 0.394 e. The lowest BCUT2D eigenvalue weighted by Crippen LogP contribution is -2.36. The molecule has 0 aliphatic heterocycles. The van der Waals surface area contributed by atoms with Crippen LogP contribution < -0.4 is 5.32 Å². The minimum Gasteiger partial charge on any atom is -0.394 e. The third-order valence-electron chi connectivity index (χ3n) is 2.93. The van der Waals surface area contributed by atoms with Crippen molar-refractivity contribution in [3.63, 3.8) is 0 Å². The van der Waals surface area contributed by atoms with Crippen molar-refractivity contribution in [3.05, 3.63) is 57.7 Å². The van der Waals surface area contributed by atoms with Crippen LogP contribution in [-0.2, 0) is 5.54 Å². The Morgan fingerprint density at radius 1 is 1.37 bits per heavy atom. The van der Waals surface area contributed by atoms with Crippen LogP contribution in [0.1, 0.15) is 12.5 Å². The number of aliphatic hydroxyl groups is 1. The van der Waals surface area contributed by atoms with E-state index in [4.69, 9.17) is 11.6 Å². The van der Waals surface area contributed by atoms with Gasteiger partial charge in [-0.05, 0) is 34.5 Å². The van der Waals surface area contributed by atoms with Crippen molar-refractivity contribution in [2.75, 3.05) is 11.9 Å². The summed E-state index contributed by atoms with van der Waals surface area (Å²) < 4.78 is 0.813. The first kappa shape index (κ1) is 14.3. The Hall–Kier alpha value is -1.10. The molecule has 100 valence electrons. The van der Waals surface area contributed by atoms with Gasteiger partial charge in [0, 0.05) is 10.7 Å². The summed E-state index contributed by atoms with van der Waals surface area (Å²) >= 11 is 9.46. The third-order valence-corrected chi connectivity index (χ3v) is 3.65. The Morgan fingerprint density at radius 2 is 2.05 bits per heavy atom. The van der Waals surface area contributed by atoms with Crippen LogP contribution in [-0.4, -0.2) is 16.7 Å². The summed E-state index contributed by atoms with van der Waals surface area (Å²) in [6.07, 6.45) is 1.66. The maximum atomic E-state index is 9.70. The summed E-state index contributed by atoms with van der Waals surface area (Å²) in [6.45, 7) is 1.84. The fourth-order valence-corrected chi connectivity index (χ4v) is 2.45. The van der Waals surface area contributed by atoms with Crippen molar-refractivity contribution in [3.8, 4) is 0 Å². The Morgan fingerprint density at radius 3 is 2.63 bits per heavy atom. The van der Waals surface area contributed by atoms with Crippen molar-refractivity contribution >= 4 is 33.3 Å². The van der Waals surface area contributed by atoms with Crippen molar-refractivity contribution in [1.82, 2.24) is 4.98 Å². The van der Waals surface area contributed by atoms with E-state index in [-0.39, 0.29) is 6.61 Å². The number of nitrogens with one attached hydrogen (secondary N) is 1. The lowest BCUT2D eigenvalue weighted by molar-refractivity contribution is 0.223. The van der Waals surface area contributed by atoms with Crippen molar-refractivity contribution in [2.45, 2.75) is 12.5 Å². The van der Waals surface area contributed by atoms with Crippen LogP contribution in [0, 0.1) is 0 Å². The molecular formula is C14H14BrClN2O. The summed E-state index contributed by atoms with van der Waals surface area (Å²) in [4.78, 5) is 4.24. The number of anilines is 1. The molecule has 2 aromatic rings. The van der Waals surface area contributed by atoms with Crippen molar-refractivity contribution < 1.29 is 5.11 Å². The number of hydrogen-bond donors (Lipinski definition) is 2. The summed E-state index contributed by atoms with van der Waals surface area (Å²) in [6, 6.07) is 11.5. The van der Waals surface area contributed by atoms with E-state index in [1.165, 1.54) is 0 Å². The zero-order chi connectivity index (χ0) is 13.9. The van der Waals surface area contributed by atoms with E-state index in [0.29, 0.717) is 10.8 Å². The second kappa shape index (κ2) is 5.90. The number of aromatic nitrogens is 1. The fourth-order valence-electron chi connectivity index (χ4n) is 1.78. The molecule has 2 rings (SSSR count). The van der Waals surface area contributed by atoms with Crippen LogP contribution in [0.25, 0.3) is 0 Å². The molecule has 0 fully saturated rings. The summed E-state index contributed by atoms with van der Waals surface area (Å²) in [5, 5.41) is 13.4. The average molecular weight is 342 g/mol. The molecule has 1 aromatic heterocycles. The van der Waals surface area contributed by atoms with Gasteiger partial charge in [-0.25, -0.2) is 4.98 Å². The van der Waals surface area contributed by atoms with E-state index in [1.54, 1.807) is 12.3 Å². The highest BCUT2D eigenvalue weighted by atomic mass is 79.9. The molecular weight excluding hydrogens is 328 g/mol. The van der Waals surface area contributed by atoms with E-state index in [2.05, 4.69) is 26.2 Å². The van der Waals surface area contributed by atoms with Crippen LogP contribution in [0.15, 0.2) is 47.1 Å². The predicted molar refractivity (Wildman–Crippen MR) is 81.4 cm³/mol. The minimum absolute atomic E-state index is 0.0644. The first-order chi connectivity index (χ1) is 9.05. The zero-order valence-corrected chi connectivity index (χ0v) is 12.7. The summed E-state index contributed by atoms with van der Waals surface area (Å²) in [7, 11) is 0. The second-order valence-electron chi connectivity index (χ2n) is 4.47. The third kappa shape index (κ3) is 3.26. The van der Waals surface area contributed by atoms with Crippen LogP contribution >= 0.6 is 27.5 Å². The number of pyridine rings is 1. The molecule has 1 atom stereocenters. The standard InChI is InChI=1S/C14H14BrClN2O/c1-14(9-19,10-5-3-2-4-6-10)18-13-12(16)7-11(15)8-17-13/h2-8,19H,9H2,1H3,(H,17,18). The number of benzene rings is 1. The lowest BCUT2D eigenvalue weighted by atomic mass is 9.93.